The van der Waals surface area contributed by atoms with Gasteiger partial charge in [-0.3, -0.25) is 4.79 Å². The van der Waals surface area contributed by atoms with E-state index < -0.39 is 0 Å². The van der Waals surface area contributed by atoms with Crippen molar-refractivity contribution in [3.05, 3.63) is 64.4 Å². The van der Waals surface area contributed by atoms with E-state index in [1.54, 1.807) is 42.7 Å². The molecule has 21 heavy (non-hydrogen) atoms. The third-order valence-corrected chi connectivity index (χ3v) is 3.67. The predicted molar refractivity (Wildman–Crippen MR) is 86.4 cm³/mol. The Morgan fingerprint density at radius 1 is 1.14 bits per heavy atom. The highest BCUT2D eigenvalue weighted by molar-refractivity contribution is 7.10. The van der Waals surface area contributed by atoms with Crippen LogP contribution in [0.15, 0.2) is 53.9 Å². The van der Waals surface area contributed by atoms with Gasteiger partial charge in [-0.05, 0) is 35.7 Å². The fourth-order valence-electron chi connectivity index (χ4n) is 1.77. The van der Waals surface area contributed by atoms with Crippen molar-refractivity contribution in [1.82, 2.24) is 0 Å². The van der Waals surface area contributed by atoms with Crippen molar-refractivity contribution in [3.8, 4) is 11.5 Å². The van der Waals surface area contributed by atoms with Gasteiger partial charge in [0.25, 0.3) is 0 Å². The first-order chi connectivity index (χ1) is 10.2. The number of ketones is 1. The molecule has 0 fully saturated rings. The Morgan fingerprint density at radius 3 is 2.67 bits per heavy atom. The van der Waals surface area contributed by atoms with E-state index in [9.17, 15) is 4.79 Å². The molecule has 1 heterocycles. The Labute approximate surface area is 128 Å². The lowest BCUT2D eigenvalue weighted by Crippen LogP contribution is -1.99. The zero-order valence-corrected chi connectivity index (χ0v) is 12.7. The van der Waals surface area contributed by atoms with Crippen molar-refractivity contribution in [2.45, 2.75) is 0 Å². The maximum Gasteiger partial charge on any atom is 0.189 e. The lowest BCUT2D eigenvalue weighted by Gasteiger charge is -2.07. The molecular formula is C17H16O3S. The van der Waals surface area contributed by atoms with Gasteiger partial charge in [0.1, 0.15) is 11.5 Å². The van der Waals surface area contributed by atoms with Crippen LogP contribution in [0.2, 0.25) is 0 Å². The van der Waals surface area contributed by atoms with Crippen molar-refractivity contribution in [3.63, 3.8) is 0 Å². The van der Waals surface area contributed by atoms with Gasteiger partial charge in [-0.2, -0.15) is 0 Å². The van der Waals surface area contributed by atoms with Gasteiger partial charge >= 0.3 is 0 Å². The molecule has 4 heteroatoms. The van der Waals surface area contributed by atoms with Crippen LogP contribution in [-0.4, -0.2) is 20.0 Å². The highest BCUT2D eigenvalue weighted by Crippen LogP contribution is 2.25. The van der Waals surface area contributed by atoms with Crippen LogP contribution >= 0.6 is 11.3 Å². The smallest absolute Gasteiger partial charge is 0.189 e. The van der Waals surface area contributed by atoms with Crippen LogP contribution in [-0.2, 0) is 0 Å². The van der Waals surface area contributed by atoms with Gasteiger partial charge in [-0.15, -0.1) is 11.3 Å². The second kappa shape index (κ2) is 7.45. The van der Waals surface area contributed by atoms with Gasteiger partial charge in [0.15, 0.2) is 5.78 Å². The van der Waals surface area contributed by atoms with Crippen molar-refractivity contribution >= 4 is 23.2 Å². The number of thiophene rings is 1. The van der Waals surface area contributed by atoms with E-state index in [1.165, 1.54) is 13.2 Å². The molecule has 0 unspecified atom stereocenters. The number of hydrogen-bond donors (Lipinski definition) is 0. The van der Waals surface area contributed by atoms with Gasteiger partial charge in [0.2, 0.25) is 0 Å². The third-order valence-electron chi connectivity index (χ3n) is 2.84. The van der Waals surface area contributed by atoms with Crippen LogP contribution in [0.5, 0.6) is 11.5 Å². The van der Waals surface area contributed by atoms with Crippen LogP contribution in [0.3, 0.4) is 0 Å². The van der Waals surface area contributed by atoms with Crippen molar-refractivity contribution < 1.29 is 14.3 Å². The highest BCUT2D eigenvalue weighted by atomic mass is 32.1. The summed E-state index contributed by atoms with van der Waals surface area (Å²) in [4.78, 5) is 13.3. The summed E-state index contributed by atoms with van der Waals surface area (Å²) in [6.07, 6.45) is 7.06. The molecule has 0 N–H and O–H groups in total. The quantitative estimate of drug-likeness (QED) is 0.455. The van der Waals surface area contributed by atoms with E-state index in [1.807, 2.05) is 29.7 Å². The maximum absolute atomic E-state index is 12.1. The molecule has 0 saturated heterocycles. The van der Waals surface area contributed by atoms with E-state index in [-0.39, 0.29) is 5.78 Å². The maximum atomic E-state index is 12.1. The monoisotopic (exact) mass is 300 g/mol. The van der Waals surface area contributed by atoms with Crippen molar-refractivity contribution in [1.29, 1.82) is 0 Å². The summed E-state index contributed by atoms with van der Waals surface area (Å²) in [7, 11) is 3.11. The molecule has 0 saturated carbocycles. The predicted octanol–water partition coefficient (Wildman–Crippen LogP) is 4.22. The van der Waals surface area contributed by atoms with Crippen LogP contribution in [0.4, 0.5) is 0 Å². The van der Waals surface area contributed by atoms with Gasteiger partial charge in [0.05, 0.1) is 19.8 Å². The van der Waals surface area contributed by atoms with E-state index in [0.717, 1.165) is 4.88 Å². The Hall–Kier alpha value is -2.33. The number of methoxy groups -OCH3 is 2. The molecule has 3 nitrogen and oxygen atoms in total. The molecule has 0 aliphatic carbocycles. The number of rotatable bonds is 6. The Balaban J connectivity index is 2.09. The number of carbonyl (C=O) groups is 1. The fraction of sp³-hybridized carbons (Fsp3) is 0.118. The summed E-state index contributed by atoms with van der Waals surface area (Å²) in [5.41, 5.74) is 0.513. The summed E-state index contributed by atoms with van der Waals surface area (Å²) >= 11 is 1.65. The third kappa shape index (κ3) is 4.07. The van der Waals surface area contributed by atoms with Crippen LogP contribution in [0, 0.1) is 0 Å². The van der Waals surface area contributed by atoms with E-state index >= 15 is 0 Å². The normalized spacial score (nSPS) is 11.1. The molecule has 0 bridgehead atoms. The lowest BCUT2D eigenvalue weighted by atomic mass is 10.1. The Bertz CT molecular complexity index is 655. The molecule has 0 atom stereocenters. The molecule has 0 aliphatic heterocycles. The lowest BCUT2D eigenvalue weighted by molar-refractivity contribution is 0.104. The van der Waals surface area contributed by atoms with Crippen LogP contribution in [0.1, 0.15) is 15.2 Å². The second-order valence-electron chi connectivity index (χ2n) is 4.16. The van der Waals surface area contributed by atoms with Gasteiger partial charge in [-0.1, -0.05) is 18.2 Å². The van der Waals surface area contributed by atoms with E-state index in [4.69, 9.17) is 9.47 Å². The van der Waals surface area contributed by atoms with Crippen molar-refractivity contribution in [2.24, 2.45) is 0 Å². The number of benzene rings is 1. The molecular weight excluding hydrogens is 284 g/mol. The molecule has 2 aromatic rings. The number of allylic oxidation sites excluding steroid dienone is 3. The first-order valence-electron chi connectivity index (χ1n) is 6.39. The largest absolute Gasteiger partial charge is 0.497 e. The summed E-state index contributed by atoms with van der Waals surface area (Å²) in [6.45, 7) is 0. The minimum atomic E-state index is -0.106. The minimum absolute atomic E-state index is 0.106. The zero-order valence-electron chi connectivity index (χ0n) is 11.9. The van der Waals surface area contributed by atoms with Gasteiger partial charge in [-0.25, -0.2) is 0 Å². The summed E-state index contributed by atoms with van der Waals surface area (Å²) in [5.74, 6) is 1.06. The average molecular weight is 300 g/mol. The SMILES string of the molecule is COc1ccc(C(=O)/C=C/C=C/c2cccs2)c(OC)c1. The van der Waals surface area contributed by atoms with Gasteiger partial charge < -0.3 is 9.47 Å². The van der Waals surface area contributed by atoms with E-state index in [0.29, 0.717) is 17.1 Å². The van der Waals surface area contributed by atoms with Crippen LogP contribution in [0.25, 0.3) is 6.08 Å². The average Bonchev–Trinajstić information content (AvgIpc) is 3.04. The zero-order chi connectivity index (χ0) is 15.1. The molecule has 0 radical (unpaired) electrons. The molecule has 2 rings (SSSR count). The Kier molecular flexibility index (Phi) is 5.35. The summed E-state index contributed by atoms with van der Waals surface area (Å²) in [6, 6.07) is 9.14. The first kappa shape index (κ1) is 15.1. The molecule has 0 aliphatic rings. The first-order valence-corrected chi connectivity index (χ1v) is 7.27. The number of ether oxygens (including phenoxy) is 2. The standard InChI is InChI=1S/C17H16O3S/c1-19-13-9-10-15(17(12-13)20-2)16(18)8-4-3-6-14-7-5-11-21-14/h3-12H,1-2H3/b6-3+,8-4+. The molecule has 1 aromatic heterocycles. The molecule has 0 spiro atoms. The topological polar surface area (TPSA) is 35.5 Å². The molecule has 1 aromatic carbocycles. The minimum Gasteiger partial charge on any atom is -0.497 e. The fourth-order valence-corrected chi connectivity index (χ4v) is 2.40. The van der Waals surface area contributed by atoms with E-state index in [2.05, 4.69) is 0 Å². The summed E-state index contributed by atoms with van der Waals surface area (Å²) in [5, 5.41) is 2.01. The summed E-state index contributed by atoms with van der Waals surface area (Å²) < 4.78 is 10.3. The van der Waals surface area contributed by atoms with Crippen LogP contribution < -0.4 is 9.47 Å². The highest BCUT2D eigenvalue weighted by Gasteiger charge is 2.10. The Morgan fingerprint density at radius 2 is 2.00 bits per heavy atom. The molecule has 108 valence electrons. The second-order valence-corrected chi connectivity index (χ2v) is 5.14. The van der Waals surface area contributed by atoms with Gasteiger partial charge in [0, 0.05) is 10.9 Å². The van der Waals surface area contributed by atoms with Crippen molar-refractivity contribution in [2.75, 3.05) is 14.2 Å². The number of hydrogen-bond acceptors (Lipinski definition) is 4. The molecule has 0 amide bonds. The number of carbonyl (C=O) groups excluding carboxylic acids is 1.